The van der Waals surface area contributed by atoms with Crippen molar-refractivity contribution in [2.24, 2.45) is 5.92 Å². The summed E-state index contributed by atoms with van der Waals surface area (Å²) in [6.45, 7) is 3.89. The van der Waals surface area contributed by atoms with Gasteiger partial charge in [-0.2, -0.15) is 0 Å². The van der Waals surface area contributed by atoms with E-state index >= 15 is 0 Å². The molecule has 4 nitrogen and oxygen atoms in total. The van der Waals surface area contributed by atoms with E-state index in [0.29, 0.717) is 17.1 Å². The average Bonchev–Trinajstić information content (AvgIpc) is 2.18. The largest absolute Gasteiger partial charge is 0.478 e. The first-order chi connectivity index (χ1) is 7.09. The Kier molecular flexibility index (Phi) is 2.26. The molecule has 1 amide bonds. The summed E-state index contributed by atoms with van der Waals surface area (Å²) >= 11 is 0. The number of hydrogen-bond acceptors (Lipinski definition) is 3. The number of nitrogens with two attached hydrogens (primary N) is 1. The van der Waals surface area contributed by atoms with E-state index in [1.54, 1.807) is 12.1 Å². The zero-order valence-electron chi connectivity index (χ0n) is 8.78. The van der Waals surface area contributed by atoms with E-state index in [4.69, 9.17) is 10.5 Å². The molecule has 0 fully saturated rings. The van der Waals surface area contributed by atoms with E-state index in [2.05, 4.69) is 5.32 Å². The van der Waals surface area contributed by atoms with Gasteiger partial charge in [0.25, 0.3) is 5.91 Å². The van der Waals surface area contributed by atoms with Crippen molar-refractivity contribution >= 4 is 17.3 Å². The van der Waals surface area contributed by atoms with Crippen LogP contribution >= 0.6 is 0 Å². The van der Waals surface area contributed by atoms with Crippen molar-refractivity contribution in [1.29, 1.82) is 0 Å². The second-order valence-electron chi connectivity index (χ2n) is 3.99. The molecule has 4 heteroatoms. The van der Waals surface area contributed by atoms with Gasteiger partial charge in [0.15, 0.2) is 6.10 Å². The maximum absolute atomic E-state index is 11.7. The van der Waals surface area contributed by atoms with Gasteiger partial charge in [-0.05, 0) is 18.1 Å². The molecule has 3 N–H and O–H groups in total. The van der Waals surface area contributed by atoms with Gasteiger partial charge in [-0.3, -0.25) is 4.79 Å². The quantitative estimate of drug-likeness (QED) is 0.686. The van der Waals surface area contributed by atoms with Gasteiger partial charge in [0, 0.05) is 0 Å². The molecule has 0 saturated heterocycles. The third-order valence-corrected chi connectivity index (χ3v) is 2.42. The number of amides is 1. The molecular weight excluding hydrogens is 192 g/mol. The fourth-order valence-electron chi connectivity index (χ4n) is 1.60. The Morgan fingerprint density at radius 1 is 1.47 bits per heavy atom. The number of anilines is 2. The molecular formula is C11H14N2O2. The minimum atomic E-state index is -0.431. The van der Waals surface area contributed by atoms with E-state index in [1.165, 1.54) is 0 Å². The van der Waals surface area contributed by atoms with Crippen molar-refractivity contribution < 1.29 is 9.53 Å². The van der Waals surface area contributed by atoms with Gasteiger partial charge in [-0.25, -0.2) is 0 Å². The van der Waals surface area contributed by atoms with Gasteiger partial charge in [-0.15, -0.1) is 0 Å². The molecule has 1 aliphatic rings. The summed E-state index contributed by atoms with van der Waals surface area (Å²) in [6, 6.07) is 5.35. The predicted octanol–water partition coefficient (Wildman–Crippen LogP) is 1.62. The van der Waals surface area contributed by atoms with Gasteiger partial charge in [0.05, 0.1) is 5.69 Å². The molecule has 1 atom stereocenters. The summed E-state index contributed by atoms with van der Waals surface area (Å²) < 4.78 is 5.59. The monoisotopic (exact) mass is 206 g/mol. The molecule has 0 radical (unpaired) electrons. The van der Waals surface area contributed by atoms with Crippen molar-refractivity contribution in [3.05, 3.63) is 18.2 Å². The lowest BCUT2D eigenvalue weighted by Gasteiger charge is -2.28. The van der Waals surface area contributed by atoms with E-state index < -0.39 is 6.10 Å². The van der Waals surface area contributed by atoms with Gasteiger partial charge in [-0.1, -0.05) is 19.9 Å². The third-order valence-electron chi connectivity index (χ3n) is 2.42. The first kappa shape index (κ1) is 9.83. The summed E-state index contributed by atoms with van der Waals surface area (Å²) in [6.07, 6.45) is -0.431. The second kappa shape index (κ2) is 3.46. The molecule has 0 unspecified atom stereocenters. The normalized spacial score (nSPS) is 19.4. The SMILES string of the molecule is CC(C)[C@H]1Oc2cccc(N)c2NC1=O. The predicted molar refractivity (Wildman–Crippen MR) is 58.7 cm³/mol. The van der Waals surface area contributed by atoms with Crippen LogP contribution in [0.5, 0.6) is 5.75 Å². The lowest BCUT2D eigenvalue weighted by Crippen LogP contribution is -2.40. The van der Waals surface area contributed by atoms with Crippen LogP contribution in [0.15, 0.2) is 18.2 Å². The smallest absolute Gasteiger partial charge is 0.265 e. The number of nitrogen functional groups attached to an aromatic ring is 1. The zero-order valence-corrected chi connectivity index (χ0v) is 8.78. The topological polar surface area (TPSA) is 64.3 Å². The maximum Gasteiger partial charge on any atom is 0.265 e. The molecule has 80 valence electrons. The number of carbonyl (C=O) groups excluding carboxylic acids is 1. The van der Waals surface area contributed by atoms with Crippen LogP contribution < -0.4 is 15.8 Å². The van der Waals surface area contributed by atoms with E-state index in [-0.39, 0.29) is 11.8 Å². The van der Waals surface area contributed by atoms with E-state index in [9.17, 15) is 4.79 Å². The van der Waals surface area contributed by atoms with Crippen molar-refractivity contribution in [2.75, 3.05) is 11.1 Å². The van der Waals surface area contributed by atoms with Gasteiger partial charge < -0.3 is 15.8 Å². The fourth-order valence-corrected chi connectivity index (χ4v) is 1.60. The van der Waals surface area contributed by atoms with Crippen LogP contribution in [-0.2, 0) is 4.79 Å². The lowest BCUT2D eigenvalue weighted by atomic mass is 10.0. The molecule has 1 heterocycles. The first-order valence-corrected chi connectivity index (χ1v) is 4.95. The fraction of sp³-hybridized carbons (Fsp3) is 0.364. The standard InChI is InChI=1S/C11H14N2O2/c1-6(2)10-11(14)13-9-7(12)4-3-5-8(9)15-10/h3-6,10H,12H2,1-2H3,(H,13,14)/t10-/m1/s1. The van der Waals surface area contributed by atoms with Crippen LogP contribution in [0.4, 0.5) is 11.4 Å². The second-order valence-corrected chi connectivity index (χ2v) is 3.99. The number of benzene rings is 1. The molecule has 0 saturated carbocycles. The molecule has 2 rings (SSSR count). The van der Waals surface area contributed by atoms with Gasteiger partial charge in [0.1, 0.15) is 11.4 Å². The summed E-state index contributed by atoms with van der Waals surface area (Å²) in [5, 5.41) is 2.77. The highest BCUT2D eigenvalue weighted by Crippen LogP contribution is 2.35. The van der Waals surface area contributed by atoms with Crippen LogP contribution in [-0.4, -0.2) is 12.0 Å². The average molecular weight is 206 g/mol. The Morgan fingerprint density at radius 2 is 2.20 bits per heavy atom. The summed E-state index contributed by atoms with van der Waals surface area (Å²) in [5.41, 5.74) is 6.84. The van der Waals surface area contributed by atoms with Gasteiger partial charge in [0.2, 0.25) is 0 Å². The number of ether oxygens (including phenoxy) is 1. The minimum absolute atomic E-state index is 0.129. The van der Waals surface area contributed by atoms with Crippen molar-refractivity contribution in [2.45, 2.75) is 20.0 Å². The molecule has 0 aliphatic carbocycles. The third kappa shape index (κ3) is 1.63. The minimum Gasteiger partial charge on any atom is -0.478 e. The highest BCUT2D eigenvalue weighted by Gasteiger charge is 2.30. The Bertz CT molecular complexity index is 402. The summed E-state index contributed by atoms with van der Waals surface area (Å²) in [5.74, 6) is 0.656. The number of nitrogens with one attached hydrogen (secondary N) is 1. The molecule has 1 aromatic rings. The van der Waals surface area contributed by atoms with Crippen molar-refractivity contribution in [1.82, 2.24) is 0 Å². The van der Waals surface area contributed by atoms with E-state index in [1.807, 2.05) is 19.9 Å². The van der Waals surface area contributed by atoms with Crippen LogP contribution in [0.3, 0.4) is 0 Å². The van der Waals surface area contributed by atoms with Crippen LogP contribution in [0.25, 0.3) is 0 Å². The Balaban J connectivity index is 2.38. The molecule has 0 spiro atoms. The van der Waals surface area contributed by atoms with Crippen LogP contribution in [0.2, 0.25) is 0 Å². The molecule has 0 aromatic heterocycles. The number of carbonyl (C=O) groups is 1. The number of rotatable bonds is 1. The lowest BCUT2D eigenvalue weighted by molar-refractivity contribution is -0.125. The number of para-hydroxylation sites is 1. The number of hydrogen-bond donors (Lipinski definition) is 2. The number of fused-ring (bicyclic) bond motifs is 1. The summed E-state index contributed by atoms with van der Waals surface area (Å²) in [7, 11) is 0. The molecule has 1 aromatic carbocycles. The molecule has 1 aliphatic heterocycles. The highest BCUT2D eigenvalue weighted by atomic mass is 16.5. The van der Waals surface area contributed by atoms with Crippen molar-refractivity contribution in [3.63, 3.8) is 0 Å². The first-order valence-electron chi connectivity index (χ1n) is 4.95. The van der Waals surface area contributed by atoms with Crippen LogP contribution in [0, 0.1) is 5.92 Å². The molecule has 15 heavy (non-hydrogen) atoms. The Hall–Kier alpha value is -1.71. The van der Waals surface area contributed by atoms with Crippen LogP contribution in [0.1, 0.15) is 13.8 Å². The van der Waals surface area contributed by atoms with Crippen molar-refractivity contribution in [3.8, 4) is 5.75 Å². The summed E-state index contributed by atoms with van der Waals surface area (Å²) in [4.78, 5) is 11.7. The van der Waals surface area contributed by atoms with E-state index in [0.717, 1.165) is 0 Å². The maximum atomic E-state index is 11.7. The zero-order chi connectivity index (χ0) is 11.0. The Morgan fingerprint density at radius 3 is 2.87 bits per heavy atom. The highest BCUT2D eigenvalue weighted by molar-refractivity contribution is 6.00. The Labute approximate surface area is 88.4 Å². The van der Waals surface area contributed by atoms with Gasteiger partial charge >= 0.3 is 0 Å². The molecule has 0 bridgehead atoms.